The number of amides is 1. The fraction of sp³-hybridized carbons (Fsp3) is 0.214. The minimum atomic E-state index is -0.541. The van der Waals surface area contributed by atoms with E-state index in [0.717, 1.165) is 11.1 Å². The smallest absolute Gasteiger partial charge is 0.341 e. The van der Waals surface area contributed by atoms with Gasteiger partial charge in [-0.2, -0.15) is 0 Å². The molecule has 1 amide bonds. The van der Waals surface area contributed by atoms with E-state index in [9.17, 15) is 9.59 Å². The molecule has 0 saturated heterocycles. The van der Waals surface area contributed by atoms with Crippen LogP contribution in [0.25, 0.3) is 22.5 Å². The largest absolute Gasteiger partial charge is 0.497 e. The number of methoxy groups -OCH3 is 4. The number of hydrogen-bond donors (Lipinski definition) is 1. The summed E-state index contributed by atoms with van der Waals surface area (Å²) in [5.41, 5.74) is 2.53. The number of hydrogen-bond acceptors (Lipinski definition) is 10. The van der Waals surface area contributed by atoms with Crippen LogP contribution in [0.5, 0.6) is 17.2 Å². The average molecular weight is 581 g/mol. The predicted molar refractivity (Wildman–Crippen MR) is 156 cm³/mol. The second-order valence-corrected chi connectivity index (χ2v) is 10.0. The number of nitrogens with zero attached hydrogens (tertiary/aromatic N) is 3. The number of aromatic nitrogens is 3. The van der Waals surface area contributed by atoms with Gasteiger partial charge in [-0.3, -0.25) is 9.36 Å². The van der Waals surface area contributed by atoms with Crippen molar-refractivity contribution in [1.82, 2.24) is 14.8 Å². The summed E-state index contributed by atoms with van der Waals surface area (Å²) >= 11 is 2.47. The highest BCUT2D eigenvalue weighted by molar-refractivity contribution is 7.99. The van der Waals surface area contributed by atoms with E-state index in [0.29, 0.717) is 50.9 Å². The Balaban J connectivity index is 1.53. The Bertz CT molecular complexity index is 1510. The number of nitrogens with one attached hydrogen (secondary N) is 1. The Kier molecular flexibility index (Phi) is 9.46. The Morgan fingerprint density at radius 1 is 1.00 bits per heavy atom. The van der Waals surface area contributed by atoms with Crippen LogP contribution in [0.3, 0.4) is 0 Å². The first-order valence-electron chi connectivity index (χ1n) is 12.0. The molecule has 0 saturated carbocycles. The third-order valence-corrected chi connectivity index (χ3v) is 7.70. The molecule has 0 unspecified atom stereocenters. The number of rotatable bonds is 12. The number of esters is 1. The summed E-state index contributed by atoms with van der Waals surface area (Å²) in [4.78, 5) is 25.6. The maximum absolute atomic E-state index is 13.0. The molecular weight excluding hydrogens is 552 g/mol. The number of allylic oxidation sites excluding steroid dienone is 1. The minimum absolute atomic E-state index is 0.0393. The molecule has 0 radical (unpaired) electrons. The van der Waals surface area contributed by atoms with Crippen LogP contribution >= 0.6 is 23.1 Å². The number of thioether (sulfide) groups is 1. The summed E-state index contributed by atoms with van der Waals surface area (Å²) in [7, 11) is 6.03. The van der Waals surface area contributed by atoms with Gasteiger partial charge in [0.1, 0.15) is 16.3 Å². The fourth-order valence-corrected chi connectivity index (χ4v) is 5.63. The molecule has 0 aliphatic heterocycles. The highest BCUT2D eigenvalue weighted by Crippen LogP contribution is 2.37. The summed E-state index contributed by atoms with van der Waals surface area (Å²) in [6.07, 6.45) is 1.73. The van der Waals surface area contributed by atoms with Gasteiger partial charge in [0.2, 0.25) is 5.91 Å². The zero-order chi connectivity index (χ0) is 28.6. The Labute approximate surface area is 239 Å². The number of carbonyl (C=O) groups excluding carboxylic acids is 2. The van der Waals surface area contributed by atoms with E-state index < -0.39 is 5.97 Å². The number of carbonyl (C=O) groups is 2. The Morgan fingerprint density at radius 2 is 1.73 bits per heavy atom. The maximum atomic E-state index is 13.0. The number of benzene rings is 2. The SMILES string of the molecule is C=CCn1c(SCC(=O)Nc2scc(-c3ccc(OC)cc3)c2C(=O)OC)nnc1-c1ccc(OC)c(OC)c1. The molecule has 2 aromatic carbocycles. The van der Waals surface area contributed by atoms with Gasteiger partial charge in [0.15, 0.2) is 22.5 Å². The summed E-state index contributed by atoms with van der Waals surface area (Å²) in [5, 5.41) is 14.3. The van der Waals surface area contributed by atoms with E-state index >= 15 is 0 Å². The molecule has 4 rings (SSSR count). The average Bonchev–Trinajstić information content (AvgIpc) is 3.59. The van der Waals surface area contributed by atoms with Gasteiger partial charge in [0, 0.05) is 23.1 Å². The van der Waals surface area contributed by atoms with Crippen LogP contribution in [0.1, 0.15) is 10.4 Å². The first-order valence-corrected chi connectivity index (χ1v) is 13.8. The van der Waals surface area contributed by atoms with Crippen molar-refractivity contribution in [1.29, 1.82) is 0 Å². The highest BCUT2D eigenvalue weighted by atomic mass is 32.2. The number of thiophene rings is 1. The molecule has 2 heterocycles. The van der Waals surface area contributed by atoms with Gasteiger partial charge in [0.05, 0.1) is 34.2 Å². The topological polar surface area (TPSA) is 114 Å². The van der Waals surface area contributed by atoms with Crippen molar-refractivity contribution in [3.63, 3.8) is 0 Å². The first kappa shape index (κ1) is 28.7. The normalized spacial score (nSPS) is 10.6. The van der Waals surface area contributed by atoms with E-state index in [1.165, 1.54) is 30.2 Å². The van der Waals surface area contributed by atoms with Crippen molar-refractivity contribution in [2.45, 2.75) is 11.7 Å². The summed E-state index contributed by atoms with van der Waals surface area (Å²) in [5.74, 6) is 1.65. The third kappa shape index (κ3) is 6.13. The molecular formula is C28H28N4O6S2. The third-order valence-electron chi connectivity index (χ3n) is 5.84. The van der Waals surface area contributed by atoms with E-state index in [4.69, 9.17) is 18.9 Å². The zero-order valence-corrected chi connectivity index (χ0v) is 24.1. The van der Waals surface area contributed by atoms with Crippen LogP contribution in [0, 0.1) is 0 Å². The second kappa shape index (κ2) is 13.2. The maximum Gasteiger partial charge on any atom is 0.341 e. The molecule has 12 heteroatoms. The highest BCUT2D eigenvalue weighted by Gasteiger charge is 2.23. The molecule has 0 bridgehead atoms. The van der Waals surface area contributed by atoms with Crippen LogP contribution in [-0.2, 0) is 16.1 Å². The van der Waals surface area contributed by atoms with E-state index in [-0.39, 0.29) is 11.7 Å². The molecule has 0 aliphatic rings. The van der Waals surface area contributed by atoms with Crippen LogP contribution in [0.2, 0.25) is 0 Å². The molecule has 2 aromatic heterocycles. The fourth-order valence-electron chi connectivity index (χ4n) is 3.91. The number of anilines is 1. The van der Waals surface area contributed by atoms with Gasteiger partial charge in [-0.05, 0) is 35.9 Å². The molecule has 0 atom stereocenters. The predicted octanol–water partition coefficient (Wildman–Crippen LogP) is 5.40. The zero-order valence-electron chi connectivity index (χ0n) is 22.4. The summed E-state index contributed by atoms with van der Waals surface area (Å²) in [6, 6.07) is 12.8. The monoisotopic (exact) mass is 580 g/mol. The lowest BCUT2D eigenvalue weighted by Crippen LogP contribution is -2.16. The van der Waals surface area contributed by atoms with Crippen LogP contribution < -0.4 is 19.5 Å². The van der Waals surface area contributed by atoms with Crippen molar-refractivity contribution >= 4 is 40.0 Å². The standard InChI is InChI=1S/C28H28N4O6S2/c1-6-13-32-25(18-9-12-21(36-3)22(14-18)37-4)30-31-28(32)40-16-23(33)29-26-24(27(34)38-5)20(15-39-26)17-7-10-19(35-2)11-8-17/h6-12,14-15H,1,13,16H2,2-5H3,(H,29,33). The molecule has 1 N–H and O–H groups in total. The van der Waals surface area contributed by atoms with Gasteiger partial charge in [-0.25, -0.2) is 4.79 Å². The van der Waals surface area contributed by atoms with Crippen molar-refractivity contribution in [2.75, 3.05) is 39.5 Å². The van der Waals surface area contributed by atoms with Crippen LogP contribution in [-0.4, -0.2) is 60.8 Å². The summed E-state index contributed by atoms with van der Waals surface area (Å²) < 4.78 is 22.8. The van der Waals surface area contributed by atoms with Gasteiger partial charge in [-0.1, -0.05) is 30.0 Å². The van der Waals surface area contributed by atoms with E-state index in [1.807, 2.05) is 34.2 Å². The van der Waals surface area contributed by atoms with Gasteiger partial charge < -0.3 is 24.3 Å². The molecule has 10 nitrogen and oxygen atoms in total. The van der Waals surface area contributed by atoms with E-state index in [2.05, 4.69) is 22.1 Å². The molecule has 0 aliphatic carbocycles. The van der Waals surface area contributed by atoms with Crippen molar-refractivity contribution in [2.24, 2.45) is 0 Å². The quantitative estimate of drug-likeness (QED) is 0.134. The summed E-state index contributed by atoms with van der Waals surface area (Å²) in [6.45, 7) is 4.27. The molecule has 208 valence electrons. The lowest BCUT2D eigenvalue weighted by atomic mass is 10.0. The molecule has 40 heavy (non-hydrogen) atoms. The lowest BCUT2D eigenvalue weighted by molar-refractivity contribution is -0.113. The minimum Gasteiger partial charge on any atom is -0.497 e. The van der Waals surface area contributed by atoms with Crippen molar-refractivity contribution < 1.29 is 28.5 Å². The van der Waals surface area contributed by atoms with Crippen LogP contribution in [0.15, 0.2) is 65.7 Å². The second-order valence-electron chi connectivity index (χ2n) is 8.19. The van der Waals surface area contributed by atoms with E-state index in [1.54, 1.807) is 45.6 Å². The van der Waals surface area contributed by atoms with Crippen molar-refractivity contribution in [3.05, 3.63) is 66.1 Å². The Hall–Kier alpha value is -4.29. The van der Waals surface area contributed by atoms with Crippen molar-refractivity contribution in [3.8, 4) is 39.8 Å². The lowest BCUT2D eigenvalue weighted by Gasteiger charge is -2.11. The Morgan fingerprint density at radius 3 is 2.38 bits per heavy atom. The van der Waals surface area contributed by atoms with Gasteiger partial charge in [-0.15, -0.1) is 28.1 Å². The van der Waals surface area contributed by atoms with Gasteiger partial charge >= 0.3 is 5.97 Å². The molecule has 0 spiro atoms. The molecule has 4 aromatic rings. The van der Waals surface area contributed by atoms with Crippen LogP contribution in [0.4, 0.5) is 5.00 Å². The van der Waals surface area contributed by atoms with Gasteiger partial charge in [0.25, 0.3) is 0 Å². The first-order chi connectivity index (χ1) is 19.4. The molecule has 0 fully saturated rings. The number of ether oxygens (including phenoxy) is 4.